The van der Waals surface area contributed by atoms with Gasteiger partial charge in [0.05, 0.1) is 5.75 Å². The summed E-state index contributed by atoms with van der Waals surface area (Å²) in [6.07, 6.45) is 0.502. The van der Waals surface area contributed by atoms with Crippen molar-refractivity contribution in [2.24, 2.45) is 0 Å². The third kappa shape index (κ3) is 5.42. The van der Waals surface area contributed by atoms with E-state index in [2.05, 4.69) is 10.0 Å². The van der Waals surface area contributed by atoms with Crippen molar-refractivity contribution in [2.75, 3.05) is 15.8 Å². The molecule has 0 unspecified atom stereocenters. The van der Waals surface area contributed by atoms with Crippen LogP contribution < -0.4 is 10.0 Å². The molecule has 0 saturated carbocycles. The molecule has 0 radical (unpaired) electrons. The van der Waals surface area contributed by atoms with E-state index >= 15 is 0 Å². The van der Waals surface area contributed by atoms with E-state index in [1.807, 2.05) is 0 Å². The fourth-order valence-corrected chi connectivity index (χ4v) is 3.37. The molecule has 7 heteroatoms. The summed E-state index contributed by atoms with van der Waals surface area (Å²) < 4.78 is 26.1. The molecule has 1 amide bonds. The highest BCUT2D eigenvalue weighted by molar-refractivity contribution is 7.92. The Morgan fingerprint density at radius 3 is 2.20 bits per heavy atom. The lowest BCUT2D eigenvalue weighted by Crippen LogP contribution is -2.17. The Hall–Kier alpha value is -2.67. The number of sulfonamides is 1. The average molecular weight is 360 g/mol. The Morgan fingerprint density at radius 1 is 0.960 bits per heavy atom. The van der Waals surface area contributed by atoms with E-state index in [1.165, 1.54) is 13.0 Å². The van der Waals surface area contributed by atoms with Crippen LogP contribution in [0.3, 0.4) is 0 Å². The third-order valence-corrected chi connectivity index (χ3v) is 4.89. The number of benzene rings is 2. The molecule has 0 aliphatic carbocycles. The lowest BCUT2D eigenvalue weighted by atomic mass is 10.1. The van der Waals surface area contributed by atoms with Crippen LogP contribution in [0.25, 0.3) is 0 Å². The topological polar surface area (TPSA) is 92.3 Å². The van der Waals surface area contributed by atoms with Gasteiger partial charge >= 0.3 is 0 Å². The van der Waals surface area contributed by atoms with Crippen LogP contribution >= 0.6 is 0 Å². The van der Waals surface area contributed by atoms with Crippen LogP contribution in [0.1, 0.15) is 41.0 Å². The monoisotopic (exact) mass is 360 g/mol. The van der Waals surface area contributed by atoms with E-state index in [1.54, 1.807) is 49.4 Å². The molecule has 6 nitrogen and oxygen atoms in total. The van der Waals surface area contributed by atoms with Crippen molar-refractivity contribution < 1.29 is 18.0 Å². The lowest BCUT2D eigenvalue weighted by molar-refractivity contribution is 0.101. The molecule has 0 aliphatic rings. The van der Waals surface area contributed by atoms with E-state index in [0.29, 0.717) is 28.9 Å². The van der Waals surface area contributed by atoms with E-state index in [9.17, 15) is 18.0 Å². The van der Waals surface area contributed by atoms with Crippen molar-refractivity contribution >= 4 is 33.1 Å². The Labute approximate surface area is 147 Å². The predicted octanol–water partition coefficient (Wildman–Crippen LogP) is 3.29. The molecule has 0 heterocycles. The second-order valence-corrected chi connectivity index (χ2v) is 7.43. The molecule has 0 aliphatic heterocycles. The molecule has 2 aromatic rings. The number of amides is 1. The van der Waals surface area contributed by atoms with Gasteiger partial charge in [0.2, 0.25) is 10.0 Å². The van der Waals surface area contributed by atoms with Crippen LogP contribution in [0.15, 0.2) is 48.5 Å². The van der Waals surface area contributed by atoms with Gasteiger partial charge in [0.25, 0.3) is 5.91 Å². The van der Waals surface area contributed by atoms with Crippen molar-refractivity contribution in [3.8, 4) is 0 Å². The number of hydrogen-bond donors (Lipinski definition) is 2. The van der Waals surface area contributed by atoms with Gasteiger partial charge in [0.15, 0.2) is 5.78 Å². The number of carbonyl (C=O) groups is 2. The summed E-state index contributed by atoms with van der Waals surface area (Å²) >= 11 is 0. The first-order valence-electron chi connectivity index (χ1n) is 7.83. The molecule has 0 spiro atoms. The predicted molar refractivity (Wildman–Crippen MR) is 98.5 cm³/mol. The smallest absolute Gasteiger partial charge is 0.255 e. The minimum atomic E-state index is -3.42. The minimum Gasteiger partial charge on any atom is -0.322 e. The van der Waals surface area contributed by atoms with Gasteiger partial charge in [-0.15, -0.1) is 0 Å². The van der Waals surface area contributed by atoms with E-state index < -0.39 is 15.9 Å². The number of nitrogens with one attached hydrogen (secondary N) is 2. The van der Waals surface area contributed by atoms with Crippen LogP contribution in [-0.4, -0.2) is 25.9 Å². The van der Waals surface area contributed by atoms with Gasteiger partial charge in [-0.05, 0) is 43.7 Å². The maximum absolute atomic E-state index is 12.4. The van der Waals surface area contributed by atoms with Crippen molar-refractivity contribution in [3.05, 3.63) is 59.7 Å². The molecule has 2 aromatic carbocycles. The molecule has 0 fully saturated rings. The van der Waals surface area contributed by atoms with Crippen LogP contribution in [0.4, 0.5) is 11.4 Å². The van der Waals surface area contributed by atoms with E-state index in [4.69, 9.17) is 0 Å². The molecule has 0 saturated heterocycles. The quantitative estimate of drug-likeness (QED) is 0.741. The molecule has 2 rings (SSSR count). The molecule has 2 N–H and O–H groups in total. The standard InChI is InChI=1S/C18H20N2O4S/c1-3-10-25(23,24)20-17-9-5-7-15(12-17)18(22)19-16-8-4-6-14(11-16)13(2)21/h4-9,11-12,20H,3,10H2,1-2H3,(H,19,22). The SMILES string of the molecule is CCCS(=O)(=O)Nc1cccc(C(=O)Nc2cccc(C(C)=O)c2)c1. The molecule has 132 valence electrons. The maximum Gasteiger partial charge on any atom is 0.255 e. The average Bonchev–Trinajstić information content (AvgIpc) is 2.54. The second-order valence-electron chi connectivity index (χ2n) is 5.59. The number of anilines is 2. The van der Waals surface area contributed by atoms with E-state index in [0.717, 1.165) is 0 Å². The first-order chi connectivity index (χ1) is 11.8. The summed E-state index contributed by atoms with van der Waals surface area (Å²) in [6, 6.07) is 12.9. The second kappa shape index (κ2) is 7.94. The molecule has 25 heavy (non-hydrogen) atoms. The maximum atomic E-state index is 12.4. The molecule has 0 bridgehead atoms. The fraction of sp³-hybridized carbons (Fsp3) is 0.222. The summed E-state index contributed by atoms with van der Waals surface area (Å²) in [5.41, 5.74) is 1.64. The zero-order valence-electron chi connectivity index (χ0n) is 14.1. The molecule has 0 atom stereocenters. The van der Waals surface area contributed by atoms with Gasteiger partial charge < -0.3 is 5.32 Å². The highest BCUT2D eigenvalue weighted by atomic mass is 32.2. The van der Waals surface area contributed by atoms with Gasteiger partial charge in [0.1, 0.15) is 0 Å². The number of hydrogen-bond acceptors (Lipinski definition) is 4. The molecular weight excluding hydrogens is 340 g/mol. The first-order valence-corrected chi connectivity index (χ1v) is 9.49. The fourth-order valence-electron chi connectivity index (χ4n) is 2.24. The summed E-state index contributed by atoms with van der Waals surface area (Å²) in [5, 5.41) is 2.70. The first kappa shape index (κ1) is 18.7. The van der Waals surface area contributed by atoms with Gasteiger partial charge in [-0.3, -0.25) is 14.3 Å². The van der Waals surface area contributed by atoms with E-state index in [-0.39, 0.29) is 11.5 Å². The molecule has 0 aromatic heterocycles. The third-order valence-electron chi connectivity index (χ3n) is 3.40. The number of carbonyl (C=O) groups excluding carboxylic acids is 2. The Morgan fingerprint density at radius 2 is 1.56 bits per heavy atom. The Kier molecular flexibility index (Phi) is 5.93. The van der Waals surface area contributed by atoms with Gasteiger partial charge in [0, 0.05) is 22.5 Å². The van der Waals surface area contributed by atoms with Crippen LogP contribution in [0, 0.1) is 0 Å². The zero-order valence-corrected chi connectivity index (χ0v) is 14.9. The Bertz CT molecular complexity index is 891. The van der Waals surface area contributed by atoms with Gasteiger partial charge in [-0.25, -0.2) is 8.42 Å². The number of Topliss-reactive ketones (excluding diaryl/α,β-unsaturated/α-hetero) is 1. The van der Waals surface area contributed by atoms with Gasteiger partial charge in [-0.1, -0.05) is 25.1 Å². The highest BCUT2D eigenvalue weighted by Crippen LogP contribution is 2.16. The summed E-state index contributed by atoms with van der Waals surface area (Å²) in [4.78, 5) is 23.8. The van der Waals surface area contributed by atoms with Crippen molar-refractivity contribution in [1.82, 2.24) is 0 Å². The Balaban J connectivity index is 2.16. The zero-order chi connectivity index (χ0) is 18.4. The summed E-state index contributed by atoms with van der Waals surface area (Å²) in [7, 11) is -3.42. The van der Waals surface area contributed by atoms with Crippen molar-refractivity contribution in [3.63, 3.8) is 0 Å². The number of rotatable bonds is 7. The normalized spacial score (nSPS) is 11.0. The van der Waals surface area contributed by atoms with Crippen LogP contribution in [0.5, 0.6) is 0 Å². The summed E-state index contributed by atoms with van der Waals surface area (Å²) in [5.74, 6) is -0.470. The van der Waals surface area contributed by atoms with Crippen LogP contribution in [-0.2, 0) is 10.0 Å². The van der Waals surface area contributed by atoms with Crippen molar-refractivity contribution in [2.45, 2.75) is 20.3 Å². The highest BCUT2D eigenvalue weighted by Gasteiger charge is 2.12. The van der Waals surface area contributed by atoms with Crippen LogP contribution in [0.2, 0.25) is 0 Å². The van der Waals surface area contributed by atoms with Gasteiger partial charge in [-0.2, -0.15) is 0 Å². The van der Waals surface area contributed by atoms with Crippen molar-refractivity contribution in [1.29, 1.82) is 0 Å². The largest absolute Gasteiger partial charge is 0.322 e. The summed E-state index contributed by atoms with van der Waals surface area (Å²) in [6.45, 7) is 3.23. The molecular formula is C18H20N2O4S. The lowest BCUT2D eigenvalue weighted by Gasteiger charge is -2.10. The minimum absolute atomic E-state index is 0.0151. The number of ketones is 1.